The molecule has 98 valence electrons. The molecule has 5 nitrogen and oxygen atoms in total. The lowest BCUT2D eigenvalue weighted by Gasteiger charge is -2.12. The van der Waals surface area contributed by atoms with Crippen molar-refractivity contribution in [2.24, 2.45) is 0 Å². The van der Waals surface area contributed by atoms with Crippen LogP contribution in [-0.4, -0.2) is 20.4 Å². The van der Waals surface area contributed by atoms with E-state index in [2.05, 4.69) is 11.3 Å². The molecule has 0 spiro atoms. The summed E-state index contributed by atoms with van der Waals surface area (Å²) in [6.07, 6.45) is 0.972. The molecule has 6 heteroatoms. The maximum atomic E-state index is 12.0. The molecular weight excluding hydrogens is 254 g/mol. The molecular formula is C12H15NO4S. The van der Waals surface area contributed by atoms with Gasteiger partial charge in [0.25, 0.3) is 0 Å². The van der Waals surface area contributed by atoms with Gasteiger partial charge in [0, 0.05) is 12.1 Å². The third-order valence-electron chi connectivity index (χ3n) is 1.91. The summed E-state index contributed by atoms with van der Waals surface area (Å²) in [6, 6.07) is 5.67. The van der Waals surface area contributed by atoms with Crippen LogP contribution in [0.3, 0.4) is 0 Å². The van der Waals surface area contributed by atoms with E-state index >= 15 is 0 Å². The first kappa shape index (κ1) is 14.4. The SMILES string of the molecule is C=CC(=O)Oc1ccccc1S(=O)(=O)NC(C)C. The fraction of sp³-hybridized carbons (Fsp3) is 0.250. The lowest BCUT2D eigenvalue weighted by molar-refractivity contribution is -0.129. The van der Waals surface area contributed by atoms with Crippen LogP contribution in [0.1, 0.15) is 13.8 Å². The lowest BCUT2D eigenvalue weighted by atomic mass is 10.3. The van der Waals surface area contributed by atoms with Crippen LogP contribution < -0.4 is 9.46 Å². The number of sulfonamides is 1. The Balaban J connectivity index is 3.16. The number of nitrogens with one attached hydrogen (secondary N) is 1. The Morgan fingerprint density at radius 3 is 2.56 bits per heavy atom. The molecule has 1 aromatic rings. The third kappa shape index (κ3) is 3.68. The number of esters is 1. The van der Waals surface area contributed by atoms with Gasteiger partial charge in [-0.15, -0.1) is 0 Å². The van der Waals surface area contributed by atoms with E-state index in [0.717, 1.165) is 6.08 Å². The molecule has 18 heavy (non-hydrogen) atoms. The van der Waals surface area contributed by atoms with Gasteiger partial charge in [-0.05, 0) is 26.0 Å². The summed E-state index contributed by atoms with van der Waals surface area (Å²) in [5.41, 5.74) is 0. The van der Waals surface area contributed by atoms with Gasteiger partial charge < -0.3 is 4.74 Å². The number of ether oxygens (including phenoxy) is 1. The van der Waals surface area contributed by atoms with Crippen molar-refractivity contribution < 1.29 is 17.9 Å². The van der Waals surface area contributed by atoms with E-state index < -0.39 is 16.0 Å². The molecule has 0 bridgehead atoms. The molecule has 0 atom stereocenters. The van der Waals surface area contributed by atoms with E-state index in [4.69, 9.17) is 4.74 Å². The number of benzene rings is 1. The summed E-state index contributed by atoms with van der Waals surface area (Å²) in [5, 5.41) is 0. The summed E-state index contributed by atoms with van der Waals surface area (Å²) >= 11 is 0. The molecule has 0 unspecified atom stereocenters. The van der Waals surface area contributed by atoms with E-state index in [0.29, 0.717) is 0 Å². The summed E-state index contributed by atoms with van der Waals surface area (Å²) in [5.74, 6) is -0.724. The predicted molar refractivity (Wildman–Crippen MR) is 67.7 cm³/mol. The van der Waals surface area contributed by atoms with Gasteiger partial charge in [-0.3, -0.25) is 0 Å². The fourth-order valence-corrected chi connectivity index (χ4v) is 2.66. The van der Waals surface area contributed by atoms with Crippen LogP contribution in [0.25, 0.3) is 0 Å². The molecule has 1 N–H and O–H groups in total. The van der Waals surface area contributed by atoms with Crippen molar-refractivity contribution >= 4 is 16.0 Å². The Bertz CT molecular complexity index is 549. The number of para-hydroxylation sites is 1. The number of hydrogen-bond acceptors (Lipinski definition) is 4. The fourth-order valence-electron chi connectivity index (χ4n) is 1.28. The average Bonchev–Trinajstić information content (AvgIpc) is 2.27. The van der Waals surface area contributed by atoms with Crippen LogP contribution >= 0.6 is 0 Å². The molecule has 0 saturated heterocycles. The van der Waals surface area contributed by atoms with Crippen molar-refractivity contribution in [1.82, 2.24) is 4.72 Å². The molecule has 0 saturated carbocycles. The van der Waals surface area contributed by atoms with E-state index in [-0.39, 0.29) is 16.7 Å². The van der Waals surface area contributed by atoms with E-state index in [1.165, 1.54) is 12.1 Å². The molecule has 0 aliphatic heterocycles. The quantitative estimate of drug-likeness (QED) is 0.499. The van der Waals surface area contributed by atoms with Crippen LogP contribution in [-0.2, 0) is 14.8 Å². The van der Waals surface area contributed by atoms with Crippen molar-refractivity contribution in [2.75, 3.05) is 0 Å². The number of hydrogen-bond donors (Lipinski definition) is 1. The van der Waals surface area contributed by atoms with Gasteiger partial charge in [0.15, 0.2) is 5.75 Å². The standard InChI is InChI=1S/C12H15NO4S/c1-4-12(14)17-10-7-5-6-8-11(10)18(15,16)13-9(2)3/h4-9,13H,1H2,2-3H3. The second-order valence-electron chi connectivity index (χ2n) is 3.85. The number of rotatable bonds is 5. The normalized spacial score (nSPS) is 11.3. The summed E-state index contributed by atoms with van der Waals surface area (Å²) < 4.78 is 31.3. The monoisotopic (exact) mass is 269 g/mol. The van der Waals surface area contributed by atoms with Gasteiger partial charge in [-0.2, -0.15) is 0 Å². The second-order valence-corrected chi connectivity index (χ2v) is 5.53. The highest BCUT2D eigenvalue weighted by Gasteiger charge is 2.21. The van der Waals surface area contributed by atoms with Gasteiger partial charge in [0.05, 0.1) is 0 Å². The van der Waals surface area contributed by atoms with Crippen molar-refractivity contribution in [3.63, 3.8) is 0 Å². The highest BCUT2D eigenvalue weighted by Crippen LogP contribution is 2.23. The number of carbonyl (C=O) groups is 1. The molecule has 0 aliphatic rings. The summed E-state index contributed by atoms with van der Waals surface area (Å²) in [6.45, 7) is 6.67. The van der Waals surface area contributed by atoms with Gasteiger partial charge in [0.2, 0.25) is 10.0 Å². The Kier molecular flexibility index (Phi) is 4.63. The lowest BCUT2D eigenvalue weighted by Crippen LogP contribution is -2.30. The van der Waals surface area contributed by atoms with Crippen molar-refractivity contribution in [1.29, 1.82) is 0 Å². The van der Waals surface area contributed by atoms with Crippen LogP contribution in [0.4, 0.5) is 0 Å². The topological polar surface area (TPSA) is 72.5 Å². The van der Waals surface area contributed by atoms with Crippen LogP contribution in [0.5, 0.6) is 5.75 Å². The zero-order chi connectivity index (χ0) is 13.8. The van der Waals surface area contributed by atoms with Gasteiger partial charge in [0.1, 0.15) is 4.90 Å². The number of carbonyl (C=O) groups excluding carboxylic acids is 1. The molecule has 0 aromatic heterocycles. The Hall–Kier alpha value is -1.66. The smallest absolute Gasteiger partial charge is 0.335 e. The largest absolute Gasteiger partial charge is 0.422 e. The molecule has 0 heterocycles. The molecule has 0 amide bonds. The molecule has 1 rings (SSSR count). The van der Waals surface area contributed by atoms with Crippen LogP contribution in [0.2, 0.25) is 0 Å². The molecule has 0 radical (unpaired) electrons. The average molecular weight is 269 g/mol. The Labute approximate surface area is 107 Å². The van der Waals surface area contributed by atoms with Crippen molar-refractivity contribution in [2.45, 2.75) is 24.8 Å². The Morgan fingerprint density at radius 2 is 2.00 bits per heavy atom. The molecule has 0 fully saturated rings. The summed E-state index contributed by atoms with van der Waals surface area (Å²) in [4.78, 5) is 11.1. The van der Waals surface area contributed by atoms with Gasteiger partial charge >= 0.3 is 5.97 Å². The third-order valence-corrected chi connectivity index (χ3v) is 3.60. The first-order valence-electron chi connectivity index (χ1n) is 5.32. The minimum absolute atomic E-state index is 0.0180. The van der Waals surface area contributed by atoms with Crippen molar-refractivity contribution in [3.05, 3.63) is 36.9 Å². The zero-order valence-electron chi connectivity index (χ0n) is 10.2. The predicted octanol–water partition coefficient (Wildman–Crippen LogP) is 1.46. The minimum Gasteiger partial charge on any atom is -0.422 e. The van der Waals surface area contributed by atoms with Crippen LogP contribution in [0, 0.1) is 0 Å². The maximum absolute atomic E-state index is 12.0. The van der Waals surface area contributed by atoms with Gasteiger partial charge in [-0.25, -0.2) is 17.9 Å². The first-order chi connectivity index (χ1) is 8.36. The zero-order valence-corrected chi connectivity index (χ0v) is 11.0. The second kappa shape index (κ2) is 5.79. The highest BCUT2D eigenvalue weighted by molar-refractivity contribution is 7.89. The molecule has 1 aromatic carbocycles. The van der Waals surface area contributed by atoms with E-state index in [1.807, 2.05) is 0 Å². The maximum Gasteiger partial charge on any atom is 0.335 e. The van der Waals surface area contributed by atoms with E-state index in [1.54, 1.807) is 26.0 Å². The minimum atomic E-state index is -3.71. The van der Waals surface area contributed by atoms with Crippen LogP contribution in [0.15, 0.2) is 41.8 Å². The Morgan fingerprint density at radius 1 is 1.39 bits per heavy atom. The highest BCUT2D eigenvalue weighted by atomic mass is 32.2. The van der Waals surface area contributed by atoms with E-state index in [9.17, 15) is 13.2 Å². The van der Waals surface area contributed by atoms with Crippen molar-refractivity contribution in [3.8, 4) is 5.75 Å². The van der Waals surface area contributed by atoms with Gasteiger partial charge in [-0.1, -0.05) is 18.7 Å². The summed E-state index contributed by atoms with van der Waals surface area (Å²) in [7, 11) is -3.71. The first-order valence-corrected chi connectivity index (χ1v) is 6.80. The molecule has 0 aliphatic carbocycles.